The Morgan fingerprint density at radius 3 is 2.60 bits per heavy atom. The first-order chi connectivity index (χ1) is 14.4. The maximum atomic E-state index is 6.28. The van der Waals surface area contributed by atoms with E-state index in [2.05, 4.69) is 65.7 Å². The largest absolute Gasteiger partial charge is 0.352 e. The Bertz CT molecular complexity index is 1060. The van der Waals surface area contributed by atoms with E-state index < -0.39 is 0 Å². The molecule has 1 saturated heterocycles. The normalized spacial score (nSPS) is 18.9. The average molecular weight is 439 g/mol. The third-order valence-corrected chi connectivity index (χ3v) is 6.20. The number of hydrogen-bond donors (Lipinski definition) is 1. The molecule has 0 aliphatic carbocycles. The third-order valence-electron chi connectivity index (χ3n) is 5.61. The number of rotatable bonds is 5. The van der Waals surface area contributed by atoms with Gasteiger partial charge in [0.15, 0.2) is 5.11 Å². The summed E-state index contributed by atoms with van der Waals surface area (Å²) in [6, 6.07) is 16.4. The summed E-state index contributed by atoms with van der Waals surface area (Å²) in [6.45, 7) is 9.65. The smallest absolute Gasteiger partial charge is 0.170 e. The van der Waals surface area contributed by atoms with E-state index in [-0.39, 0.29) is 12.1 Å². The van der Waals surface area contributed by atoms with Crippen molar-refractivity contribution in [1.29, 1.82) is 0 Å². The summed E-state index contributed by atoms with van der Waals surface area (Å²) in [6.07, 6.45) is 1.84. The number of aromatic nitrogens is 2. The van der Waals surface area contributed by atoms with Gasteiger partial charge in [0.25, 0.3) is 0 Å². The molecule has 1 aliphatic rings. The summed E-state index contributed by atoms with van der Waals surface area (Å²) in [5.41, 5.74) is 5.70. The van der Waals surface area contributed by atoms with E-state index in [1.54, 1.807) is 0 Å². The van der Waals surface area contributed by atoms with Crippen LogP contribution < -0.4 is 5.32 Å². The Balaban J connectivity index is 1.84. The second-order valence-corrected chi connectivity index (χ2v) is 9.14. The molecule has 1 aromatic carbocycles. The Morgan fingerprint density at radius 2 is 1.93 bits per heavy atom. The van der Waals surface area contributed by atoms with E-state index in [9.17, 15) is 0 Å². The molecule has 0 spiro atoms. The lowest BCUT2D eigenvalue weighted by Crippen LogP contribution is -2.33. The lowest BCUT2D eigenvalue weighted by atomic mass is 9.96. The van der Waals surface area contributed by atoms with Crippen molar-refractivity contribution < 1.29 is 0 Å². The van der Waals surface area contributed by atoms with Gasteiger partial charge in [-0.2, -0.15) is 0 Å². The highest BCUT2D eigenvalue weighted by Crippen LogP contribution is 2.41. The molecule has 4 nitrogen and oxygen atoms in total. The Morgan fingerprint density at radius 1 is 1.13 bits per heavy atom. The summed E-state index contributed by atoms with van der Waals surface area (Å²) in [5.74, 6) is 0.492. The summed E-state index contributed by atoms with van der Waals surface area (Å²) >= 11 is 12.0. The maximum Gasteiger partial charge on any atom is 0.170 e. The summed E-state index contributed by atoms with van der Waals surface area (Å²) in [7, 11) is 0. The average Bonchev–Trinajstić information content (AvgIpc) is 3.18. The molecule has 2 atom stereocenters. The number of benzene rings is 1. The zero-order valence-corrected chi connectivity index (χ0v) is 19.3. The number of hydrogen-bond acceptors (Lipinski definition) is 2. The van der Waals surface area contributed by atoms with Gasteiger partial charge >= 0.3 is 0 Å². The summed E-state index contributed by atoms with van der Waals surface area (Å²) < 4.78 is 2.27. The van der Waals surface area contributed by atoms with E-state index in [1.807, 2.05) is 36.5 Å². The van der Waals surface area contributed by atoms with Crippen molar-refractivity contribution in [3.8, 4) is 5.69 Å². The van der Waals surface area contributed by atoms with Crippen LogP contribution in [-0.2, 0) is 0 Å². The number of nitrogens with zero attached hydrogens (tertiary/aromatic N) is 3. The van der Waals surface area contributed by atoms with Crippen molar-refractivity contribution in [3.63, 3.8) is 0 Å². The summed E-state index contributed by atoms with van der Waals surface area (Å²) in [5, 5.41) is 5.07. The fourth-order valence-corrected chi connectivity index (χ4v) is 4.93. The molecule has 0 saturated carbocycles. The molecule has 156 valence electrons. The molecule has 0 radical (unpaired) electrons. The molecule has 2 aromatic heterocycles. The van der Waals surface area contributed by atoms with E-state index in [0.717, 1.165) is 28.1 Å². The maximum absolute atomic E-state index is 6.28. The highest BCUT2D eigenvalue weighted by atomic mass is 35.5. The minimum absolute atomic E-state index is 0.00533. The van der Waals surface area contributed by atoms with Crippen molar-refractivity contribution in [2.75, 3.05) is 6.54 Å². The predicted molar refractivity (Wildman–Crippen MR) is 127 cm³/mol. The van der Waals surface area contributed by atoms with Gasteiger partial charge in [-0.05, 0) is 73.9 Å². The van der Waals surface area contributed by atoms with Gasteiger partial charge in [0.2, 0.25) is 0 Å². The van der Waals surface area contributed by atoms with Crippen molar-refractivity contribution >= 4 is 28.9 Å². The van der Waals surface area contributed by atoms with Gasteiger partial charge in [-0.15, -0.1) is 0 Å². The molecular weight excluding hydrogens is 412 g/mol. The van der Waals surface area contributed by atoms with E-state index >= 15 is 0 Å². The minimum Gasteiger partial charge on any atom is -0.352 e. The van der Waals surface area contributed by atoms with Crippen LogP contribution in [0.3, 0.4) is 0 Å². The molecule has 3 heterocycles. The van der Waals surface area contributed by atoms with Crippen molar-refractivity contribution in [2.45, 2.75) is 39.8 Å². The molecule has 30 heavy (non-hydrogen) atoms. The zero-order valence-electron chi connectivity index (χ0n) is 17.8. The quantitative estimate of drug-likeness (QED) is 0.512. The van der Waals surface area contributed by atoms with Gasteiger partial charge in [-0.1, -0.05) is 37.6 Å². The van der Waals surface area contributed by atoms with Crippen molar-refractivity contribution in [2.24, 2.45) is 5.92 Å². The highest BCUT2D eigenvalue weighted by Gasteiger charge is 2.41. The number of halogens is 1. The number of nitrogens with one attached hydrogen (secondary N) is 1. The van der Waals surface area contributed by atoms with Crippen LogP contribution in [0.5, 0.6) is 0 Å². The zero-order chi connectivity index (χ0) is 21.4. The summed E-state index contributed by atoms with van der Waals surface area (Å²) in [4.78, 5) is 6.96. The first-order valence-electron chi connectivity index (χ1n) is 10.3. The van der Waals surface area contributed by atoms with Crippen LogP contribution in [0, 0.1) is 19.8 Å². The van der Waals surface area contributed by atoms with Crippen LogP contribution in [0.15, 0.2) is 54.7 Å². The first-order valence-corrected chi connectivity index (χ1v) is 11.1. The Hall–Kier alpha value is -2.37. The SMILES string of the molecule is Cc1cc([C@@H]2[C@@H](c3ccccn3)NC(=S)N2CC(C)C)c(C)n1-c1cccc(Cl)c1. The van der Waals surface area contributed by atoms with Crippen LogP contribution >= 0.6 is 23.8 Å². The number of aryl methyl sites for hydroxylation is 1. The fourth-order valence-electron chi connectivity index (χ4n) is 4.43. The van der Waals surface area contributed by atoms with Gasteiger partial charge in [-0.3, -0.25) is 4.98 Å². The molecule has 4 rings (SSSR count). The van der Waals surface area contributed by atoms with E-state index in [1.165, 1.54) is 17.0 Å². The second-order valence-electron chi connectivity index (χ2n) is 8.31. The Kier molecular flexibility index (Phi) is 5.85. The second kappa shape index (κ2) is 8.40. The van der Waals surface area contributed by atoms with E-state index in [0.29, 0.717) is 5.92 Å². The van der Waals surface area contributed by atoms with Crippen LogP contribution in [0.25, 0.3) is 5.69 Å². The molecule has 0 bridgehead atoms. The lowest BCUT2D eigenvalue weighted by Gasteiger charge is -2.29. The Labute approximate surface area is 188 Å². The highest BCUT2D eigenvalue weighted by molar-refractivity contribution is 7.80. The van der Waals surface area contributed by atoms with Crippen LogP contribution in [0.2, 0.25) is 5.02 Å². The van der Waals surface area contributed by atoms with Crippen LogP contribution in [-0.4, -0.2) is 26.1 Å². The molecule has 1 fully saturated rings. The topological polar surface area (TPSA) is 33.1 Å². The fraction of sp³-hybridized carbons (Fsp3) is 0.333. The van der Waals surface area contributed by atoms with Crippen molar-refractivity contribution in [1.82, 2.24) is 19.8 Å². The molecule has 3 aromatic rings. The molecule has 1 aliphatic heterocycles. The van der Waals surface area contributed by atoms with Crippen LogP contribution in [0.1, 0.15) is 48.6 Å². The van der Waals surface area contributed by atoms with Crippen molar-refractivity contribution in [3.05, 3.63) is 82.4 Å². The van der Waals surface area contributed by atoms with Gasteiger partial charge in [0.05, 0.1) is 17.8 Å². The molecule has 0 amide bonds. The molecule has 6 heteroatoms. The van der Waals surface area contributed by atoms with Gasteiger partial charge in [0, 0.05) is 34.8 Å². The number of pyridine rings is 1. The standard InChI is InChI=1S/C24H27ClN4S/c1-15(2)14-28-23(22(27-24(28)30)21-10-5-6-11-26-21)20-12-16(3)29(17(20)4)19-9-7-8-18(25)13-19/h5-13,15,22-23H,14H2,1-4H3,(H,27,30)/t22-,23-/m1/s1. The van der Waals surface area contributed by atoms with Crippen LogP contribution in [0.4, 0.5) is 0 Å². The van der Waals surface area contributed by atoms with E-state index in [4.69, 9.17) is 23.8 Å². The first kappa shape index (κ1) is 20.9. The van der Waals surface area contributed by atoms with Gasteiger partial charge in [0.1, 0.15) is 0 Å². The molecule has 1 N–H and O–H groups in total. The number of thiocarbonyl (C=S) groups is 1. The predicted octanol–water partition coefficient (Wildman–Crippen LogP) is 5.77. The van der Waals surface area contributed by atoms with Gasteiger partial charge < -0.3 is 14.8 Å². The van der Waals surface area contributed by atoms with Gasteiger partial charge in [-0.25, -0.2) is 0 Å². The lowest BCUT2D eigenvalue weighted by molar-refractivity contribution is 0.287. The molecular formula is C24H27ClN4S. The third kappa shape index (κ3) is 3.84. The monoisotopic (exact) mass is 438 g/mol. The minimum atomic E-state index is 0.00533. The molecule has 0 unspecified atom stereocenters.